The maximum absolute atomic E-state index is 6.31. The Morgan fingerprint density at radius 3 is 2.52 bits per heavy atom. The molecule has 2 N–H and O–H groups in total. The van der Waals surface area contributed by atoms with Gasteiger partial charge in [-0.05, 0) is 51.9 Å². The van der Waals surface area contributed by atoms with Crippen LogP contribution in [0.15, 0.2) is 0 Å². The van der Waals surface area contributed by atoms with Gasteiger partial charge < -0.3 is 10.5 Å². The molecule has 0 bridgehead atoms. The van der Waals surface area contributed by atoms with E-state index in [4.69, 9.17) is 10.5 Å². The van der Waals surface area contributed by atoms with Crippen LogP contribution < -0.4 is 5.73 Å². The van der Waals surface area contributed by atoms with Crippen LogP contribution in [0.2, 0.25) is 0 Å². The van der Waals surface area contributed by atoms with Gasteiger partial charge in [-0.3, -0.25) is 4.90 Å². The van der Waals surface area contributed by atoms with Crippen LogP contribution in [0.1, 0.15) is 66.7 Å². The minimum Gasteiger partial charge on any atom is -0.370 e. The summed E-state index contributed by atoms with van der Waals surface area (Å²) in [5.41, 5.74) is 6.47. The van der Waals surface area contributed by atoms with Gasteiger partial charge in [-0.15, -0.1) is 0 Å². The van der Waals surface area contributed by atoms with Gasteiger partial charge in [0, 0.05) is 25.2 Å². The Hall–Kier alpha value is -0.120. The van der Waals surface area contributed by atoms with Gasteiger partial charge >= 0.3 is 0 Å². The molecule has 1 saturated carbocycles. The van der Waals surface area contributed by atoms with E-state index >= 15 is 0 Å². The van der Waals surface area contributed by atoms with Gasteiger partial charge in [0.2, 0.25) is 0 Å². The molecule has 21 heavy (non-hydrogen) atoms. The average Bonchev–Trinajstić information content (AvgIpc) is 2.59. The first kappa shape index (κ1) is 17.2. The molecular formula is C18H36N2O. The molecule has 3 nitrogen and oxygen atoms in total. The molecule has 1 saturated heterocycles. The normalized spacial score (nSPS) is 38.4. The number of morpholine rings is 1. The molecule has 3 unspecified atom stereocenters. The van der Waals surface area contributed by atoms with Gasteiger partial charge in [-0.2, -0.15) is 0 Å². The van der Waals surface area contributed by atoms with E-state index in [9.17, 15) is 0 Å². The van der Waals surface area contributed by atoms with E-state index < -0.39 is 0 Å². The van der Waals surface area contributed by atoms with Crippen LogP contribution >= 0.6 is 0 Å². The van der Waals surface area contributed by atoms with E-state index in [1.807, 2.05) is 0 Å². The van der Waals surface area contributed by atoms with E-state index in [0.717, 1.165) is 31.5 Å². The zero-order valence-corrected chi connectivity index (χ0v) is 14.8. The molecule has 1 heterocycles. The Kier molecular flexibility index (Phi) is 5.38. The summed E-state index contributed by atoms with van der Waals surface area (Å²) >= 11 is 0. The lowest BCUT2D eigenvalue weighted by molar-refractivity contribution is -0.154. The highest BCUT2D eigenvalue weighted by atomic mass is 16.5. The summed E-state index contributed by atoms with van der Waals surface area (Å²) in [6.45, 7) is 14.2. The first-order chi connectivity index (χ1) is 9.78. The third-order valence-corrected chi connectivity index (χ3v) is 5.76. The molecule has 0 amide bonds. The van der Waals surface area contributed by atoms with Crippen LogP contribution in [0.4, 0.5) is 0 Å². The summed E-state index contributed by atoms with van der Waals surface area (Å²) in [4.78, 5) is 2.67. The molecule has 0 radical (unpaired) electrons. The van der Waals surface area contributed by atoms with Crippen molar-refractivity contribution in [1.29, 1.82) is 0 Å². The number of nitrogens with two attached hydrogens (primary N) is 1. The lowest BCUT2D eigenvalue weighted by atomic mass is 9.84. The summed E-state index contributed by atoms with van der Waals surface area (Å²) < 4.78 is 6.09. The number of ether oxygens (including phenoxy) is 1. The van der Waals surface area contributed by atoms with Gasteiger partial charge in [0.05, 0.1) is 11.7 Å². The van der Waals surface area contributed by atoms with E-state index in [1.165, 1.54) is 32.1 Å². The quantitative estimate of drug-likeness (QED) is 0.811. The van der Waals surface area contributed by atoms with Crippen molar-refractivity contribution < 1.29 is 4.74 Å². The Morgan fingerprint density at radius 2 is 1.95 bits per heavy atom. The van der Waals surface area contributed by atoms with Gasteiger partial charge in [0.25, 0.3) is 0 Å². The first-order valence-electron chi connectivity index (χ1n) is 8.91. The lowest BCUT2D eigenvalue weighted by Crippen LogP contribution is -2.63. The molecule has 3 atom stereocenters. The van der Waals surface area contributed by atoms with Crippen molar-refractivity contribution in [3.8, 4) is 0 Å². The smallest absolute Gasteiger partial charge is 0.0757 e. The Morgan fingerprint density at radius 1 is 1.24 bits per heavy atom. The molecule has 124 valence electrons. The van der Waals surface area contributed by atoms with Crippen molar-refractivity contribution in [3.05, 3.63) is 0 Å². The molecule has 1 aliphatic heterocycles. The molecular weight excluding hydrogens is 260 g/mol. The van der Waals surface area contributed by atoms with E-state index in [2.05, 4.69) is 39.5 Å². The van der Waals surface area contributed by atoms with Crippen molar-refractivity contribution in [2.24, 2.45) is 17.6 Å². The summed E-state index contributed by atoms with van der Waals surface area (Å²) in [6.07, 6.45) is 6.86. The van der Waals surface area contributed by atoms with Gasteiger partial charge in [-0.1, -0.05) is 26.7 Å². The van der Waals surface area contributed by atoms with Crippen LogP contribution in [0.25, 0.3) is 0 Å². The second-order valence-electron chi connectivity index (χ2n) is 8.43. The number of hydrogen-bond donors (Lipinski definition) is 1. The Balaban J connectivity index is 2.13. The first-order valence-corrected chi connectivity index (χ1v) is 8.91. The average molecular weight is 296 g/mol. The van der Waals surface area contributed by atoms with E-state index in [0.29, 0.717) is 6.10 Å². The van der Waals surface area contributed by atoms with Crippen molar-refractivity contribution in [2.45, 2.75) is 84.0 Å². The fourth-order valence-electron chi connectivity index (χ4n) is 4.55. The zero-order chi connectivity index (χ0) is 15.7. The van der Waals surface area contributed by atoms with Crippen molar-refractivity contribution in [1.82, 2.24) is 4.90 Å². The highest BCUT2D eigenvalue weighted by Crippen LogP contribution is 2.39. The lowest BCUT2D eigenvalue weighted by Gasteiger charge is -2.51. The van der Waals surface area contributed by atoms with Gasteiger partial charge in [-0.25, -0.2) is 0 Å². The predicted molar refractivity (Wildman–Crippen MR) is 89.4 cm³/mol. The monoisotopic (exact) mass is 296 g/mol. The molecule has 2 rings (SSSR count). The summed E-state index contributed by atoms with van der Waals surface area (Å²) in [7, 11) is 0. The van der Waals surface area contributed by atoms with Crippen LogP contribution in [0.3, 0.4) is 0 Å². The largest absolute Gasteiger partial charge is 0.370 e. The Labute approximate surface area is 131 Å². The number of hydrogen-bond acceptors (Lipinski definition) is 3. The van der Waals surface area contributed by atoms with Crippen LogP contribution in [-0.2, 0) is 4.74 Å². The van der Waals surface area contributed by atoms with Crippen LogP contribution in [0.5, 0.6) is 0 Å². The topological polar surface area (TPSA) is 38.5 Å². The van der Waals surface area contributed by atoms with Crippen LogP contribution in [0, 0.1) is 11.8 Å². The second-order valence-corrected chi connectivity index (χ2v) is 8.43. The molecule has 1 aliphatic carbocycles. The van der Waals surface area contributed by atoms with E-state index in [-0.39, 0.29) is 11.1 Å². The predicted octanol–water partition coefficient (Wildman–Crippen LogP) is 3.42. The molecule has 2 aliphatic rings. The summed E-state index contributed by atoms with van der Waals surface area (Å²) in [5, 5.41) is 0. The second kappa shape index (κ2) is 6.55. The van der Waals surface area contributed by atoms with Crippen molar-refractivity contribution in [3.63, 3.8) is 0 Å². The molecule has 3 heteroatoms. The maximum atomic E-state index is 6.31. The van der Waals surface area contributed by atoms with Gasteiger partial charge in [0.1, 0.15) is 0 Å². The Bertz CT molecular complexity index is 342. The fourth-order valence-corrected chi connectivity index (χ4v) is 4.55. The highest BCUT2D eigenvalue weighted by Gasteiger charge is 2.43. The third kappa shape index (κ3) is 4.00. The van der Waals surface area contributed by atoms with Crippen molar-refractivity contribution >= 4 is 0 Å². The molecule has 0 spiro atoms. The fraction of sp³-hybridized carbons (Fsp3) is 1.00. The summed E-state index contributed by atoms with van der Waals surface area (Å²) in [6, 6.07) is 0. The SMILES string of the molecule is CC1CN(C2(CN)CCCC(C(C)C)CC2)CC(C)(C)O1. The molecule has 0 aromatic carbocycles. The van der Waals surface area contributed by atoms with E-state index in [1.54, 1.807) is 0 Å². The number of rotatable bonds is 3. The minimum absolute atomic E-state index is 0.0520. The standard InChI is InChI=1S/C18H36N2O/c1-14(2)16-7-6-9-18(12-19,10-8-16)20-11-15(3)21-17(4,5)13-20/h14-16H,6-13,19H2,1-5H3. The maximum Gasteiger partial charge on any atom is 0.0757 e. The highest BCUT2D eigenvalue weighted by molar-refractivity contribution is 4.99. The van der Waals surface area contributed by atoms with Crippen molar-refractivity contribution in [2.75, 3.05) is 19.6 Å². The third-order valence-electron chi connectivity index (χ3n) is 5.76. The molecule has 0 aromatic heterocycles. The summed E-state index contributed by atoms with van der Waals surface area (Å²) in [5.74, 6) is 1.68. The zero-order valence-electron chi connectivity index (χ0n) is 14.8. The van der Waals surface area contributed by atoms with Gasteiger partial charge in [0.15, 0.2) is 0 Å². The number of nitrogens with zero attached hydrogens (tertiary/aromatic N) is 1. The molecule has 0 aromatic rings. The molecule has 2 fully saturated rings. The van der Waals surface area contributed by atoms with Crippen LogP contribution in [-0.4, -0.2) is 41.8 Å². The minimum atomic E-state index is -0.0520.